The van der Waals surface area contributed by atoms with Crippen molar-refractivity contribution in [1.29, 1.82) is 0 Å². The maximum Gasteiger partial charge on any atom is 0.297 e. The van der Waals surface area contributed by atoms with E-state index in [1.54, 1.807) is 17.0 Å². The highest BCUT2D eigenvalue weighted by Crippen LogP contribution is 2.54. The molecule has 222 valence electrons. The first-order valence-corrected chi connectivity index (χ1v) is 16.5. The third-order valence-electron chi connectivity index (χ3n) is 8.55. The van der Waals surface area contributed by atoms with Crippen molar-refractivity contribution >= 4 is 67.5 Å². The van der Waals surface area contributed by atoms with Gasteiger partial charge in [0.25, 0.3) is 11.8 Å². The molecule has 10 heteroatoms. The molecular weight excluding hydrogens is 605 g/mol. The highest BCUT2D eigenvalue weighted by molar-refractivity contribution is 8.00. The average Bonchev–Trinajstić information content (AvgIpc) is 3.69. The molecule has 1 atom stereocenters. The largest absolute Gasteiger partial charge is 0.450 e. The number of fused-ring (bicyclic) bond motifs is 6. The smallest absolute Gasteiger partial charge is 0.297 e. The fraction of sp³-hybridized carbons (Fsp3) is 0.171. The Bertz CT molecular complexity index is 2260. The van der Waals surface area contributed by atoms with Crippen molar-refractivity contribution in [3.63, 3.8) is 0 Å². The van der Waals surface area contributed by atoms with Gasteiger partial charge < -0.3 is 9.32 Å². The molecule has 8 rings (SSSR count). The molecule has 0 radical (unpaired) electrons. The Morgan fingerprint density at radius 2 is 1.71 bits per heavy atom. The zero-order valence-electron chi connectivity index (χ0n) is 24.4. The number of benzene rings is 4. The van der Waals surface area contributed by atoms with E-state index in [9.17, 15) is 14.4 Å². The van der Waals surface area contributed by atoms with Crippen LogP contribution in [-0.4, -0.2) is 28.6 Å². The number of carbonyl (C=O) groups excluding carboxylic acids is 2. The predicted octanol–water partition coefficient (Wildman–Crippen LogP) is 7.06. The second kappa shape index (κ2) is 10.4. The summed E-state index contributed by atoms with van der Waals surface area (Å²) in [5.41, 5.74) is 1.39. The topological polar surface area (TPSA) is 96.6 Å². The van der Waals surface area contributed by atoms with E-state index in [1.807, 2.05) is 62.4 Å². The van der Waals surface area contributed by atoms with E-state index in [1.165, 1.54) is 28.0 Å². The van der Waals surface area contributed by atoms with Crippen LogP contribution in [0.4, 0.5) is 10.8 Å². The highest BCUT2D eigenvalue weighted by Gasteiger charge is 2.66. The summed E-state index contributed by atoms with van der Waals surface area (Å²) in [5, 5.41) is 11.8. The van der Waals surface area contributed by atoms with Crippen LogP contribution < -0.4 is 15.2 Å². The third kappa shape index (κ3) is 3.95. The number of amides is 2. The lowest BCUT2D eigenvalue weighted by Crippen LogP contribution is -2.53. The van der Waals surface area contributed by atoms with Gasteiger partial charge in [-0.25, -0.2) is 0 Å². The first-order valence-electron chi connectivity index (χ1n) is 14.7. The van der Waals surface area contributed by atoms with Crippen LogP contribution in [0.15, 0.2) is 98.5 Å². The van der Waals surface area contributed by atoms with Crippen molar-refractivity contribution in [1.82, 2.24) is 10.2 Å². The highest BCUT2D eigenvalue weighted by atomic mass is 32.2. The lowest BCUT2D eigenvalue weighted by molar-refractivity contribution is -0.121. The van der Waals surface area contributed by atoms with E-state index in [2.05, 4.69) is 34.5 Å². The second-order valence-electron chi connectivity index (χ2n) is 11.2. The molecule has 4 aromatic carbocycles. The SMILES string of the molecule is CCCN1C(=O)C2(c3ccccc31)c1c(oc3ccc(C)cc3c1=O)C(=O)N2c1nnc(SCc2cccc3ccccc23)s1. The molecule has 2 aromatic heterocycles. The van der Waals surface area contributed by atoms with Crippen LogP contribution in [0.5, 0.6) is 0 Å². The number of nitrogens with zero attached hydrogens (tertiary/aromatic N) is 4. The van der Waals surface area contributed by atoms with Gasteiger partial charge in [0.2, 0.25) is 10.9 Å². The van der Waals surface area contributed by atoms with Gasteiger partial charge in [-0.3, -0.25) is 19.3 Å². The van der Waals surface area contributed by atoms with Crippen molar-refractivity contribution in [2.45, 2.75) is 35.9 Å². The summed E-state index contributed by atoms with van der Waals surface area (Å²) in [6, 6.07) is 27.0. The first-order chi connectivity index (χ1) is 21.9. The quantitative estimate of drug-likeness (QED) is 0.144. The lowest BCUT2D eigenvalue weighted by Gasteiger charge is -2.32. The number of hydrogen-bond acceptors (Lipinski definition) is 8. The van der Waals surface area contributed by atoms with Crippen LogP contribution in [0, 0.1) is 6.92 Å². The van der Waals surface area contributed by atoms with Gasteiger partial charge in [-0.1, -0.05) is 102 Å². The second-order valence-corrected chi connectivity index (χ2v) is 13.4. The number of aromatic nitrogens is 2. The number of carbonyl (C=O) groups is 2. The number of para-hydroxylation sites is 1. The fourth-order valence-corrected chi connectivity index (χ4v) is 8.53. The zero-order chi connectivity index (χ0) is 30.9. The van der Waals surface area contributed by atoms with Gasteiger partial charge in [0.15, 0.2) is 15.3 Å². The fourth-order valence-electron chi connectivity index (χ4n) is 6.63. The molecular formula is C35H26N4O4S2. The van der Waals surface area contributed by atoms with Crippen LogP contribution >= 0.6 is 23.1 Å². The zero-order valence-corrected chi connectivity index (χ0v) is 26.1. The van der Waals surface area contributed by atoms with Crippen LogP contribution in [0.1, 0.15) is 46.2 Å². The number of thioether (sulfide) groups is 1. The molecule has 0 aliphatic carbocycles. The molecule has 2 aliphatic rings. The monoisotopic (exact) mass is 630 g/mol. The molecule has 0 fully saturated rings. The van der Waals surface area contributed by atoms with E-state index in [0.29, 0.717) is 45.3 Å². The Morgan fingerprint density at radius 1 is 0.911 bits per heavy atom. The average molecular weight is 631 g/mol. The Balaban J connectivity index is 1.29. The van der Waals surface area contributed by atoms with E-state index in [-0.39, 0.29) is 22.4 Å². The van der Waals surface area contributed by atoms with Gasteiger partial charge in [-0.15, -0.1) is 10.2 Å². The molecule has 1 unspecified atom stereocenters. The Labute approximate surface area is 266 Å². The summed E-state index contributed by atoms with van der Waals surface area (Å²) in [5.74, 6) is -0.463. The standard InChI is InChI=1S/C35H26N4O4S2/c1-3-17-38-26-14-7-6-13-25(26)35(32(38)42)28-29(40)24-18-20(2)15-16-27(24)43-30(28)31(41)39(35)33-36-37-34(45-33)44-19-22-11-8-10-21-9-4-5-12-23(21)22/h4-16,18H,3,17,19H2,1-2H3. The molecule has 8 nitrogen and oxygen atoms in total. The van der Waals surface area contributed by atoms with Crippen molar-refractivity contribution < 1.29 is 14.0 Å². The maximum absolute atomic E-state index is 14.8. The van der Waals surface area contributed by atoms with E-state index < -0.39 is 16.9 Å². The summed E-state index contributed by atoms with van der Waals surface area (Å²) < 4.78 is 6.83. The van der Waals surface area contributed by atoms with Gasteiger partial charge in [0.1, 0.15) is 5.58 Å². The summed E-state index contributed by atoms with van der Waals surface area (Å²) in [7, 11) is 0. The Morgan fingerprint density at radius 3 is 2.58 bits per heavy atom. The first kappa shape index (κ1) is 27.7. The lowest BCUT2D eigenvalue weighted by atomic mass is 9.84. The summed E-state index contributed by atoms with van der Waals surface area (Å²) in [6.07, 6.45) is 0.691. The van der Waals surface area contributed by atoms with E-state index >= 15 is 0 Å². The number of hydrogen-bond donors (Lipinski definition) is 0. The molecule has 2 aliphatic heterocycles. The van der Waals surface area contributed by atoms with Gasteiger partial charge in [-0.05, 0) is 47.9 Å². The van der Waals surface area contributed by atoms with Gasteiger partial charge in [0.05, 0.1) is 16.6 Å². The van der Waals surface area contributed by atoms with Crippen molar-refractivity contribution in [2.24, 2.45) is 0 Å². The molecule has 0 saturated carbocycles. The minimum absolute atomic E-state index is 0.0295. The van der Waals surface area contributed by atoms with Gasteiger partial charge in [0, 0.05) is 17.9 Å². The maximum atomic E-state index is 14.8. The molecule has 45 heavy (non-hydrogen) atoms. The Kier molecular flexibility index (Phi) is 6.40. The summed E-state index contributed by atoms with van der Waals surface area (Å²) >= 11 is 2.74. The van der Waals surface area contributed by atoms with Crippen molar-refractivity contribution in [2.75, 3.05) is 16.3 Å². The molecule has 6 aromatic rings. The number of anilines is 2. The normalized spacial score (nSPS) is 17.2. The van der Waals surface area contributed by atoms with Crippen LogP contribution in [0.25, 0.3) is 21.7 Å². The number of aryl methyl sites for hydroxylation is 1. The number of rotatable bonds is 6. The molecule has 2 amide bonds. The molecule has 0 N–H and O–H groups in total. The predicted molar refractivity (Wildman–Crippen MR) is 177 cm³/mol. The van der Waals surface area contributed by atoms with Gasteiger partial charge >= 0.3 is 0 Å². The Hall–Kier alpha value is -4.80. The van der Waals surface area contributed by atoms with E-state index in [4.69, 9.17) is 4.42 Å². The van der Waals surface area contributed by atoms with Crippen molar-refractivity contribution in [3.8, 4) is 0 Å². The van der Waals surface area contributed by atoms with Crippen LogP contribution in [-0.2, 0) is 16.1 Å². The van der Waals surface area contributed by atoms with Crippen LogP contribution in [0.3, 0.4) is 0 Å². The minimum atomic E-state index is -1.77. The molecule has 0 bridgehead atoms. The summed E-state index contributed by atoms with van der Waals surface area (Å²) in [4.78, 5) is 46.6. The molecule has 0 saturated heterocycles. The molecule has 1 spiro atoms. The van der Waals surface area contributed by atoms with Gasteiger partial charge in [-0.2, -0.15) is 0 Å². The van der Waals surface area contributed by atoms with E-state index in [0.717, 1.165) is 21.9 Å². The van der Waals surface area contributed by atoms with Crippen LogP contribution in [0.2, 0.25) is 0 Å². The summed E-state index contributed by atoms with van der Waals surface area (Å²) in [6.45, 7) is 4.30. The van der Waals surface area contributed by atoms with Crippen molar-refractivity contribution in [3.05, 3.63) is 123 Å². The molecule has 4 heterocycles. The minimum Gasteiger partial charge on any atom is -0.450 e. The third-order valence-corrected chi connectivity index (χ3v) is 10.6.